The number of halogens is 3. The summed E-state index contributed by atoms with van der Waals surface area (Å²) in [6.45, 7) is 0. The topological polar surface area (TPSA) is 59.3 Å². The lowest BCUT2D eigenvalue weighted by Gasteiger charge is -2.12. The summed E-state index contributed by atoms with van der Waals surface area (Å²) in [5, 5.41) is 6.50. The molecule has 2 amide bonds. The minimum absolute atomic E-state index is 0.221. The molecular weight excluding hydrogens is 345 g/mol. The van der Waals surface area contributed by atoms with Crippen molar-refractivity contribution in [1.29, 1.82) is 0 Å². The van der Waals surface area contributed by atoms with Crippen molar-refractivity contribution < 1.29 is 18.0 Å². The second kappa shape index (κ2) is 7.22. The van der Waals surface area contributed by atoms with Crippen molar-refractivity contribution in [2.45, 2.75) is 6.18 Å². The summed E-state index contributed by atoms with van der Waals surface area (Å²) in [6.07, 6.45) is -1.62. The van der Waals surface area contributed by atoms with Crippen LogP contribution in [0.1, 0.15) is 5.56 Å². The van der Waals surface area contributed by atoms with E-state index < -0.39 is 17.8 Å². The highest BCUT2D eigenvalue weighted by Gasteiger charge is 2.33. The molecule has 3 rings (SSSR count). The highest BCUT2D eigenvalue weighted by Crippen LogP contribution is 2.34. The van der Waals surface area contributed by atoms with Crippen LogP contribution >= 0.6 is 0 Å². The van der Waals surface area contributed by atoms with Crippen molar-refractivity contribution in [2.75, 3.05) is 5.32 Å². The lowest BCUT2D eigenvalue weighted by molar-refractivity contribution is -0.136. The summed E-state index contributed by atoms with van der Waals surface area (Å²) >= 11 is 0. The number of rotatable bonds is 2. The fraction of sp³-hybridized carbons (Fsp3) is 0.0556. The number of carbonyl (C=O) groups excluding carboxylic acids is 1. The minimum Gasteiger partial charge on any atom is -0.305 e. The van der Waals surface area contributed by atoms with E-state index in [0.29, 0.717) is 0 Å². The SMILES string of the molecule is O=C(N=c1ccn(-c2ccccc2)nc1)Nc1ccccc1C(F)(F)F. The second-order valence-electron chi connectivity index (χ2n) is 5.25. The van der Waals surface area contributed by atoms with Crippen LogP contribution in [0.4, 0.5) is 23.7 Å². The summed E-state index contributed by atoms with van der Waals surface area (Å²) in [7, 11) is 0. The monoisotopic (exact) mass is 358 g/mol. The van der Waals surface area contributed by atoms with Gasteiger partial charge < -0.3 is 5.32 Å². The van der Waals surface area contributed by atoms with E-state index in [1.54, 1.807) is 10.9 Å². The third kappa shape index (κ3) is 4.15. The fourth-order valence-corrected chi connectivity index (χ4v) is 2.25. The summed E-state index contributed by atoms with van der Waals surface area (Å²) in [6, 6.07) is 14.6. The van der Waals surface area contributed by atoms with Crippen molar-refractivity contribution in [3.05, 3.63) is 84.0 Å². The number of nitrogens with one attached hydrogen (secondary N) is 1. The van der Waals surface area contributed by atoms with Crippen molar-refractivity contribution in [1.82, 2.24) is 9.78 Å². The fourth-order valence-electron chi connectivity index (χ4n) is 2.25. The van der Waals surface area contributed by atoms with Gasteiger partial charge in [-0.05, 0) is 30.3 Å². The molecule has 0 spiro atoms. The van der Waals surface area contributed by atoms with Crippen LogP contribution in [0.2, 0.25) is 0 Å². The van der Waals surface area contributed by atoms with E-state index in [4.69, 9.17) is 0 Å². The molecule has 8 heteroatoms. The van der Waals surface area contributed by atoms with Crippen LogP contribution in [-0.4, -0.2) is 15.8 Å². The Balaban J connectivity index is 1.80. The van der Waals surface area contributed by atoms with Gasteiger partial charge in [-0.2, -0.15) is 23.3 Å². The van der Waals surface area contributed by atoms with E-state index in [1.165, 1.54) is 30.5 Å². The third-order valence-corrected chi connectivity index (χ3v) is 3.43. The number of para-hydroxylation sites is 2. The lowest BCUT2D eigenvalue weighted by atomic mass is 10.1. The molecule has 0 unspecified atom stereocenters. The minimum atomic E-state index is -4.57. The largest absolute Gasteiger partial charge is 0.418 e. The van der Waals surface area contributed by atoms with Crippen LogP contribution in [0, 0.1) is 0 Å². The Morgan fingerprint density at radius 1 is 1.00 bits per heavy atom. The number of amides is 2. The number of nitrogens with zero attached hydrogens (tertiary/aromatic N) is 3. The van der Waals surface area contributed by atoms with Gasteiger partial charge in [0.05, 0.1) is 28.5 Å². The highest BCUT2D eigenvalue weighted by molar-refractivity contribution is 5.90. The van der Waals surface area contributed by atoms with Gasteiger partial charge in [-0.25, -0.2) is 9.48 Å². The predicted octanol–water partition coefficient (Wildman–Crippen LogP) is 4.02. The highest BCUT2D eigenvalue weighted by atomic mass is 19.4. The number of anilines is 1. The smallest absolute Gasteiger partial charge is 0.305 e. The van der Waals surface area contributed by atoms with Gasteiger partial charge in [-0.1, -0.05) is 30.3 Å². The Kier molecular flexibility index (Phi) is 4.83. The van der Waals surface area contributed by atoms with Crippen molar-refractivity contribution in [3.8, 4) is 5.69 Å². The molecule has 2 aromatic carbocycles. The van der Waals surface area contributed by atoms with Crippen molar-refractivity contribution >= 4 is 11.7 Å². The van der Waals surface area contributed by atoms with E-state index in [1.807, 2.05) is 30.3 Å². The standard InChI is InChI=1S/C18H13F3N4O/c19-18(20,21)15-8-4-5-9-16(15)24-17(26)23-13-10-11-25(22-12-13)14-6-2-1-3-7-14/h1-12H,(H,24,26). The zero-order valence-electron chi connectivity index (χ0n) is 13.3. The molecule has 0 fully saturated rings. The first-order chi connectivity index (χ1) is 12.4. The van der Waals surface area contributed by atoms with Gasteiger partial charge in [0.15, 0.2) is 0 Å². The first-order valence-corrected chi connectivity index (χ1v) is 7.56. The average Bonchev–Trinajstić information content (AvgIpc) is 2.62. The molecule has 1 N–H and O–H groups in total. The van der Waals surface area contributed by atoms with E-state index >= 15 is 0 Å². The molecule has 0 aliphatic carbocycles. The molecule has 0 saturated carbocycles. The Morgan fingerprint density at radius 3 is 2.35 bits per heavy atom. The first-order valence-electron chi connectivity index (χ1n) is 7.56. The molecule has 0 aliphatic heterocycles. The average molecular weight is 358 g/mol. The number of carbonyl (C=O) groups is 1. The van der Waals surface area contributed by atoms with Gasteiger partial charge in [-0.15, -0.1) is 0 Å². The maximum Gasteiger partial charge on any atom is 0.418 e. The number of aromatic nitrogens is 2. The number of alkyl halides is 3. The predicted molar refractivity (Wildman–Crippen MR) is 89.6 cm³/mol. The van der Waals surface area contributed by atoms with Gasteiger partial charge in [0.1, 0.15) is 0 Å². The van der Waals surface area contributed by atoms with Gasteiger partial charge in [0.2, 0.25) is 0 Å². The molecule has 0 atom stereocenters. The Morgan fingerprint density at radius 2 is 1.69 bits per heavy atom. The molecule has 0 aliphatic rings. The van der Waals surface area contributed by atoms with Gasteiger partial charge in [-0.3, -0.25) is 0 Å². The zero-order valence-corrected chi connectivity index (χ0v) is 13.3. The Bertz CT molecular complexity index is 961. The number of hydrogen-bond donors (Lipinski definition) is 1. The number of benzene rings is 2. The lowest BCUT2D eigenvalue weighted by Crippen LogP contribution is -2.17. The normalized spacial score (nSPS) is 12.0. The summed E-state index contributed by atoms with van der Waals surface area (Å²) in [5.74, 6) is 0. The summed E-state index contributed by atoms with van der Waals surface area (Å²) < 4.78 is 40.4. The number of hydrogen-bond acceptors (Lipinski definition) is 2. The molecule has 26 heavy (non-hydrogen) atoms. The first kappa shape index (κ1) is 17.4. The molecule has 5 nitrogen and oxygen atoms in total. The molecular formula is C18H13F3N4O. The molecule has 1 aromatic heterocycles. The maximum absolute atomic E-state index is 12.9. The van der Waals surface area contributed by atoms with E-state index in [2.05, 4.69) is 15.4 Å². The van der Waals surface area contributed by atoms with Gasteiger partial charge in [0.25, 0.3) is 0 Å². The van der Waals surface area contributed by atoms with Crippen molar-refractivity contribution in [2.24, 2.45) is 4.99 Å². The van der Waals surface area contributed by atoms with Crippen molar-refractivity contribution in [3.63, 3.8) is 0 Å². The molecule has 0 bridgehead atoms. The van der Waals surface area contributed by atoms with Gasteiger partial charge in [0, 0.05) is 6.20 Å². The van der Waals surface area contributed by atoms with Crippen LogP contribution in [0.3, 0.4) is 0 Å². The Labute approximate surface area is 146 Å². The molecule has 0 radical (unpaired) electrons. The molecule has 3 aromatic rings. The molecule has 132 valence electrons. The van der Waals surface area contributed by atoms with E-state index in [-0.39, 0.29) is 11.0 Å². The van der Waals surface area contributed by atoms with Gasteiger partial charge >= 0.3 is 12.2 Å². The third-order valence-electron chi connectivity index (χ3n) is 3.43. The zero-order chi connectivity index (χ0) is 18.6. The second-order valence-corrected chi connectivity index (χ2v) is 5.25. The maximum atomic E-state index is 12.9. The van der Waals surface area contributed by atoms with Crippen LogP contribution < -0.4 is 10.7 Å². The Hall–Kier alpha value is -3.42. The molecule has 1 heterocycles. The summed E-state index contributed by atoms with van der Waals surface area (Å²) in [4.78, 5) is 15.7. The van der Waals surface area contributed by atoms with Crippen LogP contribution in [0.25, 0.3) is 5.69 Å². The van der Waals surface area contributed by atoms with Crippen LogP contribution in [0.15, 0.2) is 78.0 Å². The van der Waals surface area contributed by atoms with Crippen LogP contribution in [0.5, 0.6) is 0 Å². The van der Waals surface area contributed by atoms with E-state index in [9.17, 15) is 18.0 Å². The molecule has 0 saturated heterocycles. The quantitative estimate of drug-likeness (QED) is 0.752. The number of urea groups is 1. The van der Waals surface area contributed by atoms with E-state index in [0.717, 1.165) is 11.8 Å². The summed E-state index contributed by atoms with van der Waals surface area (Å²) in [5.41, 5.74) is -0.462. The van der Waals surface area contributed by atoms with Crippen LogP contribution in [-0.2, 0) is 6.18 Å².